The van der Waals surface area contributed by atoms with Crippen LogP contribution in [0.15, 0.2) is 23.1 Å². The summed E-state index contributed by atoms with van der Waals surface area (Å²) in [5.74, 6) is 0.294. The summed E-state index contributed by atoms with van der Waals surface area (Å²) in [6.45, 7) is 0. The number of rotatable bonds is 4. The number of thioether (sulfide) groups is 1. The topological polar surface area (TPSA) is 58.2 Å². The molecule has 0 spiro atoms. The van der Waals surface area contributed by atoms with Crippen LogP contribution in [0.4, 0.5) is 13.6 Å². The summed E-state index contributed by atoms with van der Waals surface area (Å²) in [5, 5.41) is 5.39. The van der Waals surface area contributed by atoms with Crippen molar-refractivity contribution in [1.29, 1.82) is 0 Å². The van der Waals surface area contributed by atoms with Crippen molar-refractivity contribution in [3.05, 3.63) is 29.8 Å². The number of halogens is 2. The third-order valence-electron chi connectivity index (χ3n) is 5.92. The van der Waals surface area contributed by atoms with E-state index in [-0.39, 0.29) is 16.2 Å². The van der Waals surface area contributed by atoms with Gasteiger partial charge < -0.3 is 5.32 Å². The first kappa shape index (κ1) is 17.8. The molecule has 0 unspecified atom stereocenters. The van der Waals surface area contributed by atoms with E-state index in [1.807, 2.05) is 0 Å². The standard InChI is InChI=1S/C19H22F2N2O2S/c20-14-1-2-15(21)16(6-14)26-10-17(24)22-18(25)23-19-7-11-3-12(8-19)5-13(4-11)9-19/h1-2,6,11-13H,3-5,7-10H2,(H2,22,23,24,25). The van der Waals surface area contributed by atoms with Gasteiger partial charge in [-0.25, -0.2) is 13.6 Å². The zero-order valence-electron chi connectivity index (χ0n) is 14.4. The molecule has 4 aliphatic carbocycles. The van der Waals surface area contributed by atoms with Crippen molar-refractivity contribution in [3.63, 3.8) is 0 Å². The zero-order chi connectivity index (χ0) is 18.3. The van der Waals surface area contributed by atoms with Gasteiger partial charge in [-0.05, 0) is 74.5 Å². The smallest absolute Gasteiger partial charge is 0.321 e. The van der Waals surface area contributed by atoms with Crippen LogP contribution in [-0.4, -0.2) is 23.2 Å². The van der Waals surface area contributed by atoms with Gasteiger partial charge in [0, 0.05) is 10.4 Å². The molecule has 0 radical (unpaired) electrons. The molecule has 4 saturated carbocycles. The van der Waals surface area contributed by atoms with Crippen LogP contribution in [0.5, 0.6) is 0 Å². The Kier molecular flexibility index (Phi) is 4.67. The molecule has 0 heterocycles. The summed E-state index contributed by atoms with van der Waals surface area (Å²) in [7, 11) is 0. The van der Waals surface area contributed by atoms with Crippen LogP contribution in [0.2, 0.25) is 0 Å². The molecule has 0 aliphatic heterocycles. The van der Waals surface area contributed by atoms with E-state index in [2.05, 4.69) is 10.6 Å². The molecular weight excluding hydrogens is 358 g/mol. The monoisotopic (exact) mass is 380 g/mol. The SMILES string of the molecule is O=C(CSc1cc(F)ccc1F)NC(=O)NC12CC3CC(CC(C3)C1)C2. The van der Waals surface area contributed by atoms with Crippen LogP contribution < -0.4 is 10.6 Å². The molecule has 4 nitrogen and oxygen atoms in total. The quantitative estimate of drug-likeness (QED) is 0.780. The lowest BCUT2D eigenvalue weighted by Gasteiger charge is -2.56. The average molecular weight is 380 g/mol. The molecule has 1 aromatic rings. The van der Waals surface area contributed by atoms with E-state index in [0.29, 0.717) is 17.8 Å². The number of imide groups is 1. The Morgan fingerprint density at radius 2 is 1.69 bits per heavy atom. The fourth-order valence-electron chi connectivity index (χ4n) is 5.43. The second-order valence-corrected chi connectivity index (χ2v) is 9.08. The summed E-state index contributed by atoms with van der Waals surface area (Å²) >= 11 is 0.874. The van der Waals surface area contributed by atoms with Crippen LogP contribution in [0, 0.1) is 29.4 Å². The highest BCUT2D eigenvalue weighted by Crippen LogP contribution is 2.55. The molecule has 3 amide bonds. The Labute approximate surface area is 155 Å². The van der Waals surface area contributed by atoms with E-state index in [4.69, 9.17) is 0 Å². The van der Waals surface area contributed by atoms with Gasteiger partial charge in [-0.3, -0.25) is 10.1 Å². The first-order valence-electron chi connectivity index (χ1n) is 9.11. The highest BCUT2D eigenvalue weighted by Gasteiger charge is 2.51. The molecule has 7 heteroatoms. The third kappa shape index (κ3) is 3.72. The molecule has 4 fully saturated rings. The van der Waals surface area contributed by atoms with Gasteiger partial charge in [0.1, 0.15) is 11.6 Å². The zero-order valence-corrected chi connectivity index (χ0v) is 15.2. The van der Waals surface area contributed by atoms with Gasteiger partial charge in [-0.1, -0.05) is 0 Å². The maximum Gasteiger partial charge on any atom is 0.321 e. The molecule has 4 aliphatic rings. The number of carbonyl (C=O) groups is 2. The van der Waals surface area contributed by atoms with E-state index < -0.39 is 23.6 Å². The number of nitrogens with one attached hydrogen (secondary N) is 2. The summed E-state index contributed by atoms with van der Waals surface area (Å²) < 4.78 is 26.7. The van der Waals surface area contributed by atoms with Crippen molar-refractivity contribution in [2.75, 3.05) is 5.75 Å². The molecule has 0 atom stereocenters. The van der Waals surface area contributed by atoms with Crippen LogP contribution in [0.1, 0.15) is 38.5 Å². The van der Waals surface area contributed by atoms with Crippen LogP contribution in [0.3, 0.4) is 0 Å². The predicted octanol–water partition coefficient (Wildman–Crippen LogP) is 3.85. The highest BCUT2D eigenvalue weighted by molar-refractivity contribution is 8.00. The number of carbonyl (C=O) groups excluding carboxylic acids is 2. The van der Waals surface area contributed by atoms with E-state index in [1.54, 1.807) is 0 Å². The minimum atomic E-state index is -0.581. The highest BCUT2D eigenvalue weighted by atomic mass is 32.2. The fourth-order valence-corrected chi connectivity index (χ4v) is 6.19. The Bertz CT molecular complexity index is 705. The Balaban J connectivity index is 1.29. The predicted molar refractivity (Wildman–Crippen MR) is 94.7 cm³/mol. The maximum absolute atomic E-state index is 13.6. The third-order valence-corrected chi connectivity index (χ3v) is 6.95. The van der Waals surface area contributed by atoms with E-state index in [0.717, 1.165) is 49.2 Å². The molecular formula is C19H22F2N2O2S. The maximum atomic E-state index is 13.6. The molecule has 26 heavy (non-hydrogen) atoms. The van der Waals surface area contributed by atoms with E-state index in [9.17, 15) is 18.4 Å². The number of hydrogen-bond acceptors (Lipinski definition) is 3. The van der Waals surface area contributed by atoms with Gasteiger partial charge in [0.25, 0.3) is 0 Å². The summed E-state index contributed by atoms with van der Waals surface area (Å²) in [5.41, 5.74) is -0.166. The molecule has 0 saturated heterocycles. The van der Waals surface area contributed by atoms with Crippen molar-refractivity contribution >= 4 is 23.7 Å². The molecule has 0 aromatic heterocycles. The van der Waals surface area contributed by atoms with Crippen molar-refractivity contribution in [2.24, 2.45) is 17.8 Å². The van der Waals surface area contributed by atoms with Gasteiger partial charge in [-0.2, -0.15) is 0 Å². The largest absolute Gasteiger partial charge is 0.332 e. The van der Waals surface area contributed by atoms with Gasteiger partial charge in [0.05, 0.1) is 5.75 Å². The number of benzene rings is 1. The second-order valence-electron chi connectivity index (χ2n) is 8.06. The molecule has 4 bridgehead atoms. The molecule has 2 N–H and O–H groups in total. The van der Waals surface area contributed by atoms with Gasteiger partial charge in [-0.15, -0.1) is 11.8 Å². The Morgan fingerprint density at radius 3 is 2.31 bits per heavy atom. The van der Waals surface area contributed by atoms with Gasteiger partial charge in [0.15, 0.2) is 0 Å². The lowest BCUT2D eigenvalue weighted by atomic mass is 9.53. The summed E-state index contributed by atoms with van der Waals surface area (Å²) in [6, 6.07) is 2.62. The lowest BCUT2D eigenvalue weighted by Crippen LogP contribution is -2.61. The molecule has 140 valence electrons. The first-order chi connectivity index (χ1) is 12.4. The van der Waals surface area contributed by atoms with Crippen molar-refractivity contribution in [2.45, 2.75) is 49.0 Å². The minimum absolute atomic E-state index is 0.0571. The number of hydrogen-bond donors (Lipinski definition) is 2. The van der Waals surface area contributed by atoms with Gasteiger partial charge >= 0.3 is 6.03 Å². The summed E-state index contributed by atoms with van der Waals surface area (Å²) in [4.78, 5) is 24.3. The van der Waals surface area contributed by atoms with Crippen LogP contribution in [-0.2, 0) is 4.79 Å². The second kappa shape index (κ2) is 6.83. The first-order valence-corrected chi connectivity index (χ1v) is 10.1. The minimum Gasteiger partial charge on any atom is -0.332 e. The average Bonchev–Trinajstić information content (AvgIpc) is 2.53. The normalized spacial score (nSPS) is 31.7. The molecule has 1 aromatic carbocycles. The lowest BCUT2D eigenvalue weighted by molar-refractivity contribution is -0.117. The van der Waals surface area contributed by atoms with Crippen molar-refractivity contribution < 1.29 is 18.4 Å². The van der Waals surface area contributed by atoms with Crippen molar-refractivity contribution in [3.8, 4) is 0 Å². The number of urea groups is 1. The van der Waals surface area contributed by atoms with Crippen LogP contribution >= 0.6 is 11.8 Å². The molecule has 5 rings (SSSR count). The van der Waals surface area contributed by atoms with Crippen LogP contribution in [0.25, 0.3) is 0 Å². The fraction of sp³-hybridized carbons (Fsp3) is 0.579. The number of amides is 3. The Hall–Kier alpha value is -1.63. The van der Waals surface area contributed by atoms with E-state index in [1.165, 1.54) is 19.3 Å². The Morgan fingerprint density at radius 1 is 1.08 bits per heavy atom. The summed E-state index contributed by atoms with van der Waals surface area (Å²) in [6.07, 6.45) is 6.84. The van der Waals surface area contributed by atoms with Crippen molar-refractivity contribution in [1.82, 2.24) is 10.6 Å². The van der Waals surface area contributed by atoms with E-state index >= 15 is 0 Å². The van der Waals surface area contributed by atoms with Gasteiger partial charge in [0.2, 0.25) is 5.91 Å².